The molecule has 1 rings (SSSR count). The van der Waals surface area contributed by atoms with E-state index in [1.165, 1.54) is 4.90 Å². The zero-order valence-corrected chi connectivity index (χ0v) is 14.0. The van der Waals surface area contributed by atoms with Crippen LogP contribution in [0.2, 0.25) is 0 Å². The second-order valence-corrected chi connectivity index (χ2v) is 6.02. The van der Waals surface area contributed by atoms with Crippen molar-refractivity contribution < 1.29 is 14.3 Å². The first-order valence-corrected chi connectivity index (χ1v) is 8.84. The Bertz CT molecular complexity index is 385. The number of carbonyl (C=O) groups excluding carboxylic acids is 1. The highest BCUT2D eigenvalue weighted by molar-refractivity contribution is 14.1. The van der Waals surface area contributed by atoms with Crippen LogP contribution in [0.25, 0.3) is 0 Å². The van der Waals surface area contributed by atoms with Crippen molar-refractivity contribution in [3.8, 4) is 5.75 Å². The van der Waals surface area contributed by atoms with E-state index in [-0.39, 0.29) is 5.97 Å². The molecule has 0 N–H and O–H groups in total. The monoisotopic (exact) mass is 394 g/mol. The van der Waals surface area contributed by atoms with Gasteiger partial charge in [0.25, 0.3) is 0 Å². The number of thioether (sulfide) groups is 1. The molecule has 106 valence electrons. The standard InChI is InChI=1S/C14H19IO3S/c1-2-17-14(16)7-4-9-18-12-5-3-6-13(11-12)19-10-8-15/h3,5-6,11H,2,4,7-10H2,1H3. The number of hydrogen-bond acceptors (Lipinski definition) is 4. The van der Waals surface area contributed by atoms with Gasteiger partial charge in [0, 0.05) is 21.5 Å². The van der Waals surface area contributed by atoms with Crippen LogP contribution in [0.1, 0.15) is 19.8 Å². The van der Waals surface area contributed by atoms with Gasteiger partial charge in [0.1, 0.15) is 5.75 Å². The fraction of sp³-hybridized carbons (Fsp3) is 0.500. The highest BCUT2D eigenvalue weighted by atomic mass is 127. The predicted octanol–water partition coefficient (Wildman–Crippen LogP) is 3.94. The first-order valence-electron chi connectivity index (χ1n) is 6.33. The van der Waals surface area contributed by atoms with Gasteiger partial charge in [-0.05, 0) is 31.5 Å². The molecule has 0 aliphatic heterocycles. The Kier molecular flexibility index (Phi) is 9.07. The van der Waals surface area contributed by atoms with Gasteiger partial charge in [0.15, 0.2) is 0 Å². The topological polar surface area (TPSA) is 35.5 Å². The predicted molar refractivity (Wildman–Crippen MR) is 87.4 cm³/mol. The van der Waals surface area contributed by atoms with Gasteiger partial charge in [-0.3, -0.25) is 4.79 Å². The first-order chi connectivity index (χ1) is 9.26. The number of hydrogen-bond donors (Lipinski definition) is 0. The fourth-order valence-electron chi connectivity index (χ4n) is 1.45. The third-order valence-electron chi connectivity index (χ3n) is 2.25. The molecule has 0 saturated carbocycles. The normalized spacial score (nSPS) is 10.2. The smallest absolute Gasteiger partial charge is 0.305 e. The van der Waals surface area contributed by atoms with Crippen LogP contribution in [0, 0.1) is 0 Å². The summed E-state index contributed by atoms with van der Waals surface area (Å²) in [4.78, 5) is 12.4. The van der Waals surface area contributed by atoms with Gasteiger partial charge in [0.2, 0.25) is 0 Å². The summed E-state index contributed by atoms with van der Waals surface area (Å²) in [7, 11) is 0. The van der Waals surface area contributed by atoms with Crippen molar-refractivity contribution in [3.63, 3.8) is 0 Å². The number of rotatable bonds is 9. The van der Waals surface area contributed by atoms with E-state index in [4.69, 9.17) is 9.47 Å². The lowest BCUT2D eigenvalue weighted by atomic mass is 10.3. The molecule has 0 bridgehead atoms. The zero-order chi connectivity index (χ0) is 13.9. The molecule has 0 aliphatic carbocycles. The summed E-state index contributed by atoms with van der Waals surface area (Å²) in [5.41, 5.74) is 0. The molecule has 0 fully saturated rings. The maximum absolute atomic E-state index is 11.1. The summed E-state index contributed by atoms with van der Waals surface area (Å²) in [6.07, 6.45) is 1.10. The Balaban J connectivity index is 2.27. The fourth-order valence-corrected chi connectivity index (χ4v) is 2.80. The molecule has 0 unspecified atom stereocenters. The minimum absolute atomic E-state index is 0.155. The highest BCUT2D eigenvalue weighted by Gasteiger charge is 2.02. The number of benzene rings is 1. The number of ether oxygens (including phenoxy) is 2. The molecule has 0 amide bonds. The van der Waals surface area contributed by atoms with Gasteiger partial charge in [-0.15, -0.1) is 11.8 Å². The van der Waals surface area contributed by atoms with Crippen molar-refractivity contribution in [1.82, 2.24) is 0 Å². The molecule has 0 spiro atoms. The molecule has 19 heavy (non-hydrogen) atoms. The Morgan fingerprint density at radius 3 is 3.00 bits per heavy atom. The van der Waals surface area contributed by atoms with Crippen LogP contribution in [0.5, 0.6) is 5.75 Å². The van der Waals surface area contributed by atoms with Crippen molar-refractivity contribution in [2.24, 2.45) is 0 Å². The zero-order valence-electron chi connectivity index (χ0n) is 11.1. The molecule has 0 saturated heterocycles. The maximum Gasteiger partial charge on any atom is 0.305 e. The van der Waals surface area contributed by atoms with E-state index < -0.39 is 0 Å². The van der Waals surface area contributed by atoms with Crippen LogP contribution in [0.15, 0.2) is 29.2 Å². The Labute approximate surface area is 132 Å². The van der Waals surface area contributed by atoms with Crippen molar-refractivity contribution in [2.75, 3.05) is 23.4 Å². The van der Waals surface area contributed by atoms with E-state index in [9.17, 15) is 4.79 Å². The van der Waals surface area contributed by atoms with Crippen LogP contribution in [-0.2, 0) is 9.53 Å². The van der Waals surface area contributed by atoms with E-state index in [2.05, 4.69) is 28.7 Å². The quantitative estimate of drug-likeness (QED) is 0.209. The van der Waals surface area contributed by atoms with E-state index in [1.54, 1.807) is 0 Å². The van der Waals surface area contributed by atoms with Crippen LogP contribution in [0.4, 0.5) is 0 Å². The molecule has 0 aromatic heterocycles. The minimum Gasteiger partial charge on any atom is -0.494 e. The largest absolute Gasteiger partial charge is 0.494 e. The second kappa shape index (κ2) is 10.4. The summed E-state index contributed by atoms with van der Waals surface area (Å²) >= 11 is 4.19. The number of alkyl halides is 1. The number of halogens is 1. The SMILES string of the molecule is CCOC(=O)CCCOc1cccc(SCCI)c1. The van der Waals surface area contributed by atoms with Gasteiger partial charge >= 0.3 is 5.97 Å². The summed E-state index contributed by atoms with van der Waals surface area (Å²) in [5.74, 6) is 1.81. The summed E-state index contributed by atoms with van der Waals surface area (Å²) < 4.78 is 11.6. The molecule has 1 aromatic rings. The van der Waals surface area contributed by atoms with E-state index >= 15 is 0 Å². The first kappa shape index (κ1) is 16.6. The molecule has 0 aliphatic rings. The van der Waals surface area contributed by atoms with Gasteiger partial charge < -0.3 is 9.47 Å². The van der Waals surface area contributed by atoms with Gasteiger partial charge in [-0.2, -0.15) is 0 Å². The lowest BCUT2D eigenvalue weighted by Crippen LogP contribution is -2.06. The minimum atomic E-state index is -0.155. The number of carbonyl (C=O) groups is 1. The van der Waals surface area contributed by atoms with E-state index in [1.807, 2.05) is 36.9 Å². The molecule has 0 heterocycles. The molecular weight excluding hydrogens is 375 g/mol. The maximum atomic E-state index is 11.1. The van der Waals surface area contributed by atoms with Gasteiger partial charge in [0.05, 0.1) is 13.2 Å². The third kappa shape index (κ3) is 7.67. The summed E-state index contributed by atoms with van der Waals surface area (Å²) in [6, 6.07) is 8.07. The van der Waals surface area contributed by atoms with Crippen molar-refractivity contribution >= 4 is 40.3 Å². The van der Waals surface area contributed by atoms with Gasteiger partial charge in [-0.25, -0.2) is 0 Å². The highest BCUT2D eigenvalue weighted by Crippen LogP contribution is 2.23. The third-order valence-corrected chi connectivity index (χ3v) is 4.52. The average molecular weight is 394 g/mol. The van der Waals surface area contributed by atoms with Crippen molar-refractivity contribution in [2.45, 2.75) is 24.7 Å². The summed E-state index contributed by atoms with van der Waals surface area (Å²) in [5, 5.41) is 0. The lowest BCUT2D eigenvalue weighted by Gasteiger charge is -2.07. The lowest BCUT2D eigenvalue weighted by molar-refractivity contribution is -0.143. The van der Waals surface area contributed by atoms with Gasteiger partial charge in [-0.1, -0.05) is 28.7 Å². The molecule has 0 radical (unpaired) electrons. The second-order valence-electron chi connectivity index (χ2n) is 3.77. The van der Waals surface area contributed by atoms with E-state index in [0.29, 0.717) is 26.1 Å². The number of esters is 1. The Morgan fingerprint density at radius 2 is 2.26 bits per heavy atom. The van der Waals surface area contributed by atoms with Crippen LogP contribution in [-0.4, -0.2) is 29.4 Å². The van der Waals surface area contributed by atoms with Crippen LogP contribution >= 0.6 is 34.4 Å². The van der Waals surface area contributed by atoms with Crippen molar-refractivity contribution in [1.29, 1.82) is 0 Å². The van der Waals surface area contributed by atoms with Crippen LogP contribution in [0.3, 0.4) is 0 Å². The average Bonchev–Trinajstić information content (AvgIpc) is 2.42. The van der Waals surface area contributed by atoms with Crippen LogP contribution < -0.4 is 4.74 Å². The molecule has 0 atom stereocenters. The van der Waals surface area contributed by atoms with E-state index in [0.717, 1.165) is 15.9 Å². The molecule has 5 heteroatoms. The molecular formula is C14H19IO3S. The molecule has 1 aromatic carbocycles. The Hall–Kier alpha value is -0.430. The Morgan fingerprint density at radius 1 is 1.42 bits per heavy atom. The van der Waals surface area contributed by atoms with Crippen molar-refractivity contribution in [3.05, 3.63) is 24.3 Å². The molecule has 3 nitrogen and oxygen atoms in total. The summed E-state index contributed by atoms with van der Waals surface area (Å²) in [6.45, 7) is 2.79.